The minimum absolute atomic E-state index is 0.707. The summed E-state index contributed by atoms with van der Waals surface area (Å²) < 4.78 is 0. The van der Waals surface area contributed by atoms with Crippen LogP contribution >= 0.6 is 0 Å². The Morgan fingerprint density at radius 1 is 0.938 bits per heavy atom. The molecule has 16 heavy (non-hydrogen) atoms. The van der Waals surface area contributed by atoms with Crippen molar-refractivity contribution in [1.29, 1.82) is 0 Å². The lowest BCUT2D eigenvalue weighted by Crippen LogP contribution is -2.31. The zero-order valence-corrected chi connectivity index (χ0v) is 11.3. The highest BCUT2D eigenvalue weighted by atomic mass is 15.1. The van der Waals surface area contributed by atoms with Crippen molar-refractivity contribution in [3.8, 4) is 0 Å². The molecule has 0 N–H and O–H groups in total. The molecule has 0 saturated heterocycles. The Bertz CT molecular complexity index is 305. The van der Waals surface area contributed by atoms with E-state index in [0.717, 1.165) is 13.1 Å². The van der Waals surface area contributed by atoms with Gasteiger partial charge >= 0.3 is 0 Å². The van der Waals surface area contributed by atoms with Crippen molar-refractivity contribution < 1.29 is 0 Å². The summed E-state index contributed by atoms with van der Waals surface area (Å²) in [6, 6.07) is 8.68. The summed E-state index contributed by atoms with van der Waals surface area (Å²) in [7, 11) is 0. The first-order valence-electron chi connectivity index (χ1n) is 6.31. The number of rotatable bonds is 5. The van der Waals surface area contributed by atoms with Gasteiger partial charge in [0.15, 0.2) is 0 Å². The van der Waals surface area contributed by atoms with Crippen molar-refractivity contribution in [2.75, 3.05) is 18.0 Å². The number of aryl methyl sites for hydroxylation is 1. The van der Waals surface area contributed by atoms with Gasteiger partial charge in [-0.1, -0.05) is 45.9 Å². The Hall–Kier alpha value is -0.980. The summed E-state index contributed by atoms with van der Waals surface area (Å²) in [6.45, 7) is 13.6. The Kier molecular flexibility index (Phi) is 4.85. The van der Waals surface area contributed by atoms with Crippen LogP contribution in [0.5, 0.6) is 0 Å². The Morgan fingerprint density at radius 3 is 1.88 bits per heavy atom. The van der Waals surface area contributed by atoms with Crippen molar-refractivity contribution in [3.05, 3.63) is 29.8 Å². The number of benzene rings is 1. The molecule has 1 heteroatoms. The maximum absolute atomic E-state index is 2.52. The standard InChI is InChI=1S/C15H25N/c1-12(2)10-16(11-13(3)4)15-9-7-6-8-14(15)5/h6-9,12-13H,10-11H2,1-5H3. The van der Waals surface area contributed by atoms with Gasteiger partial charge in [0.25, 0.3) is 0 Å². The fourth-order valence-corrected chi connectivity index (χ4v) is 2.07. The number of hydrogen-bond donors (Lipinski definition) is 0. The summed E-state index contributed by atoms with van der Waals surface area (Å²) >= 11 is 0. The first-order chi connectivity index (χ1) is 7.50. The largest absolute Gasteiger partial charge is 0.371 e. The second-order valence-corrected chi connectivity index (χ2v) is 5.48. The van der Waals surface area contributed by atoms with Gasteiger partial charge in [0, 0.05) is 18.8 Å². The minimum atomic E-state index is 0.707. The van der Waals surface area contributed by atoms with Gasteiger partial charge in [-0.15, -0.1) is 0 Å². The molecular weight excluding hydrogens is 194 g/mol. The third-order valence-corrected chi connectivity index (χ3v) is 2.63. The predicted molar refractivity (Wildman–Crippen MR) is 73.1 cm³/mol. The van der Waals surface area contributed by atoms with Crippen LogP contribution in [-0.2, 0) is 0 Å². The van der Waals surface area contributed by atoms with Gasteiger partial charge in [0.2, 0.25) is 0 Å². The van der Waals surface area contributed by atoms with Crippen molar-refractivity contribution in [2.45, 2.75) is 34.6 Å². The van der Waals surface area contributed by atoms with E-state index in [2.05, 4.69) is 63.8 Å². The summed E-state index contributed by atoms with van der Waals surface area (Å²) in [4.78, 5) is 2.52. The smallest absolute Gasteiger partial charge is 0.0396 e. The third-order valence-electron chi connectivity index (χ3n) is 2.63. The zero-order valence-electron chi connectivity index (χ0n) is 11.3. The van der Waals surface area contributed by atoms with Crippen LogP contribution in [0.2, 0.25) is 0 Å². The molecule has 0 aliphatic rings. The lowest BCUT2D eigenvalue weighted by Gasteiger charge is -2.29. The average Bonchev–Trinajstić information content (AvgIpc) is 2.15. The monoisotopic (exact) mass is 219 g/mol. The van der Waals surface area contributed by atoms with E-state index in [-0.39, 0.29) is 0 Å². The van der Waals surface area contributed by atoms with Gasteiger partial charge in [-0.05, 0) is 30.4 Å². The first-order valence-corrected chi connectivity index (χ1v) is 6.31. The molecule has 90 valence electrons. The van der Waals surface area contributed by atoms with E-state index in [9.17, 15) is 0 Å². The van der Waals surface area contributed by atoms with Crippen molar-refractivity contribution in [3.63, 3.8) is 0 Å². The van der Waals surface area contributed by atoms with E-state index in [0.29, 0.717) is 11.8 Å². The Morgan fingerprint density at radius 2 is 1.44 bits per heavy atom. The number of anilines is 1. The highest BCUT2D eigenvalue weighted by molar-refractivity contribution is 5.53. The summed E-state index contributed by atoms with van der Waals surface area (Å²) in [5.74, 6) is 1.41. The lowest BCUT2D eigenvalue weighted by molar-refractivity contribution is 0.552. The molecule has 1 rings (SSSR count). The van der Waals surface area contributed by atoms with Crippen LogP contribution in [0, 0.1) is 18.8 Å². The van der Waals surface area contributed by atoms with Crippen molar-refractivity contribution in [2.24, 2.45) is 11.8 Å². The normalized spacial score (nSPS) is 11.2. The zero-order chi connectivity index (χ0) is 12.1. The van der Waals surface area contributed by atoms with Crippen LogP contribution in [0.3, 0.4) is 0 Å². The van der Waals surface area contributed by atoms with E-state index < -0.39 is 0 Å². The van der Waals surface area contributed by atoms with E-state index in [1.807, 2.05) is 0 Å². The third kappa shape index (κ3) is 3.88. The van der Waals surface area contributed by atoms with Gasteiger partial charge < -0.3 is 4.90 Å². The molecule has 1 aromatic rings. The maximum atomic E-state index is 2.52. The summed E-state index contributed by atoms with van der Waals surface area (Å²) in [5, 5.41) is 0. The number of para-hydroxylation sites is 1. The molecule has 0 amide bonds. The van der Waals surface area contributed by atoms with E-state index in [1.165, 1.54) is 11.3 Å². The molecule has 0 heterocycles. The first kappa shape index (κ1) is 13.1. The molecule has 0 saturated carbocycles. The highest BCUT2D eigenvalue weighted by Gasteiger charge is 2.11. The molecule has 0 spiro atoms. The molecule has 0 atom stereocenters. The SMILES string of the molecule is Cc1ccccc1N(CC(C)C)CC(C)C. The second-order valence-electron chi connectivity index (χ2n) is 5.48. The molecule has 0 aromatic heterocycles. The lowest BCUT2D eigenvalue weighted by atomic mass is 10.1. The number of nitrogens with zero attached hydrogens (tertiary/aromatic N) is 1. The molecule has 0 radical (unpaired) electrons. The molecule has 0 unspecified atom stereocenters. The predicted octanol–water partition coefficient (Wildman–Crippen LogP) is 4.11. The van der Waals surface area contributed by atoms with E-state index in [4.69, 9.17) is 0 Å². The number of hydrogen-bond acceptors (Lipinski definition) is 1. The fourth-order valence-electron chi connectivity index (χ4n) is 2.07. The van der Waals surface area contributed by atoms with E-state index in [1.54, 1.807) is 0 Å². The average molecular weight is 219 g/mol. The molecule has 0 aliphatic heterocycles. The van der Waals surface area contributed by atoms with Gasteiger partial charge in [-0.25, -0.2) is 0 Å². The Labute approximate surface area is 100 Å². The van der Waals surface area contributed by atoms with Crippen LogP contribution in [0.25, 0.3) is 0 Å². The van der Waals surface area contributed by atoms with Gasteiger partial charge in [-0.2, -0.15) is 0 Å². The Balaban J connectivity index is 2.87. The van der Waals surface area contributed by atoms with Gasteiger partial charge in [-0.3, -0.25) is 0 Å². The maximum Gasteiger partial charge on any atom is 0.0396 e. The molecular formula is C15H25N. The fraction of sp³-hybridized carbons (Fsp3) is 0.600. The summed E-state index contributed by atoms with van der Waals surface area (Å²) in [5.41, 5.74) is 2.77. The van der Waals surface area contributed by atoms with Crippen molar-refractivity contribution in [1.82, 2.24) is 0 Å². The van der Waals surface area contributed by atoms with Crippen LogP contribution in [0.15, 0.2) is 24.3 Å². The van der Waals surface area contributed by atoms with Crippen LogP contribution in [0.1, 0.15) is 33.3 Å². The molecule has 0 bridgehead atoms. The van der Waals surface area contributed by atoms with Crippen molar-refractivity contribution >= 4 is 5.69 Å². The molecule has 1 aromatic carbocycles. The topological polar surface area (TPSA) is 3.24 Å². The van der Waals surface area contributed by atoms with Gasteiger partial charge in [0.05, 0.1) is 0 Å². The molecule has 0 aliphatic carbocycles. The minimum Gasteiger partial charge on any atom is -0.371 e. The quantitative estimate of drug-likeness (QED) is 0.720. The van der Waals surface area contributed by atoms with Gasteiger partial charge in [0.1, 0.15) is 0 Å². The summed E-state index contributed by atoms with van der Waals surface area (Å²) in [6.07, 6.45) is 0. The van der Waals surface area contributed by atoms with E-state index >= 15 is 0 Å². The molecule has 0 fully saturated rings. The van der Waals surface area contributed by atoms with Crippen LogP contribution in [-0.4, -0.2) is 13.1 Å². The molecule has 1 nitrogen and oxygen atoms in total. The second kappa shape index (κ2) is 5.93. The van der Waals surface area contributed by atoms with Crippen LogP contribution < -0.4 is 4.90 Å². The highest BCUT2D eigenvalue weighted by Crippen LogP contribution is 2.21. The van der Waals surface area contributed by atoms with Crippen LogP contribution in [0.4, 0.5) is 5.69 Å².